The third kappa shape index (κ3) is 4.13. The molecule has 2 N–H and O–H groups in total. The van der Waals surface area contributed by atoms with Gasteiger partial charge in [-0.1, -0.05) is 19.4 Å². The first-order valence-electron chi connectivity index (χ1n) is 10.7. The Labute approximate surface area is 190 Å². The van der Waals surface area contributed by atoms with Crippen LogP contribution in [-0.4, -0.2) is 46.8 Å². The second-order valence-corrected chi connectivity index (χ2v) is 7.78. The van der Waals surface area contributed by atoms with E-state index >= 15 is 0 Å². The molecule has 0 radical (unpaired) electrons. The van der Waals surface area contributed by atoms with Gasteiger partial charge in [0.1, 0.15) is 28.5 Å². The summed E-state index contributed by atoms with van der Waals surface area (Å²) in [5.41, 5.74) is 2.49. The number of benzene rings is 1. The van der Waals surface area contributed by atoms with Crippen LogP contribution in [0.3, 0.4) is 0 Å². The Hall–Kier alpha value is -3.88. The number of aryl methyl sites for hydroxylation is 1. The zero-order valence-electron chi connectivity index (χ0n) is 19.1. The smallest absolute Gasteiger partial charge is 0.266 e. The summed E-state index contributed by atoms with van der Waals surface area (Å²) < 4.78 is 16.9. The van der Waals surface area contributed by atoms with Gasteiger partial charge >= 0.3 is 0 Å². The second-order valence-electron chi connectivity index (χ2n) is 7.78. The molecule has 0 fully saturated rings. The Morgan fingerprint density at radius 2 is 1.79 bits per heavy atom. The van der Waals surface area contributed by atoms with E-state index in [0.717, 1.165) is 18.4 Å². The number of aromatic nitrogens is 3. The van der Waals surface area contributed by atoms with Gasteiger partial charge in [0, 0.05) is 5.69 Å². The van der Waals surface area contributed by atoms with Gasteiger partial charge in [-0.3, -0.25) is 9.79 Å². The number of ether oxygens (including phenoxy) is 2. The zero-order chi connectivity index (χ0) is 23.5. The molecule has 0 spiro atoms. The minimum Gasteiger partial charge on any atom is -0.506 e. The number of hydrogen-bond acceptors (Lipinski definition) is 8. The Bertz CT molecular complexity index is 1280. The lowest BCUT2D eigenvalue weighted by Gasteiger charge is -2.18. The van der Waals surface area contributed by atoms with E-state index in [0.29, 0.717) is 47.0 Å². The number of aliphatic imine (C=N–C) groups is 1. The average Bonchev–Trinajstić information content (AvgIpc) is 3.46. The molecule has 4 rings (SSSR count). The van der Waals surface area contributed by atoms with Crippen molar-refractivity contribution in [3.05, 3.63) is 51.8 Å². The molecule has 2 aromatic heterocycles. The van der Waals surface area contributed by atoms with Crippen LogP contribution in [0.25, 0.3) is 22.6 Å². The number of methoxy groups -OCH3 is 2. The molecule has 0 atom stereocenters. The predicted octanol–water partition coefficient (Wildman–Crippen LogP) is 3.91. The highest BCUT2D eigenvalue weighted by atomic mass is 16.5. The number of unbranched alkanes of at least 4 members (excludes halogenated alkanes) is 1. The van der Waals surface area contributed by atoms with E-state index in [1.54, 1.807) is 18.2 Å². The number of aromatic amines is 1. The summed E-state index contributed by atoms with van der Waals surface area (Å²) in [6.07, 6.45) is 4.12. The number of rotatable bonds is 8. The van der Waals surface area contributed by atoms with Crippen molar-refractivity contribution in [2.45, 2.75) is 33.1 Å². The fourth-order valence-corrected chi connectivity index (χ4v) is 3.84. The molecule has 0 bridgehead atoms. The summed E-state index contributed by atoms with van der Waals surface area (Å²) in [6, 6.07) is 5.32. The minimum absolute atomic E-state index is 0.0958. The lowest BCUT2D eigenvalue weighted by molar-refractivity contribution is 0.396. The minimum atomic E-state index is -0.522. The highest BCUT2D eigenvalue weighted by Gasteiger charge is 2.28. The molecule has 0 saturated carbocycles. The number of H-pyrrole nitrogens is 1. The van der Waals surface area contributed by atoms with Crippen LogP contribution in [0.5, 0.6) is 17.2 Å². The van der Waals surface area contributed by atoms with Crippen molar-refractivity contribution >= 4 is 5.71 Å². The largest absolute Gasteiger partial charge is 0.506 e. The number of nitrogens with zero attached hydrogens (tertiary/aromatic N) is 3. The SMILES string of the molecule is CCCCc1[nH]c(=O)c(-c2nnc(C3=NCC(C)=C3)o2)c(O)c1-c1c(OC)cccc1OC. The molecular weight excluding hydrogens is 424 g/mol. The number of allylic oxidation sites excluding steroid dienone is 1. The van der Waals surface area contributed by atoms with Gasteiger partial charge in [0.15, 0.2) is 0 Å². The Kier molecular flexibility index (Phi) is 6.30. The summed E-state index contributed by atoms with van der Waals surface area (Å²) in [4.78, 5) is 20.3. The van der Waals surface area contributed by atoms with Crippen LogP contribution in [0.15, 0.2) is 44.1 Å². The molecule has 1 aromatic carbocycles. The average molecular weight is 450 g/mol. The fourth-order valence-electron chi connectivity index (χ4n) is 3.84. The molecule has 3 aromatic rings. The zero-order valence-corrected chi connectivity index (χ0v) is 19.1. The Morgan fingerprint density at radius 1 is 1.09 bits per heavy atom. The molecule has 0 amide bonds. The number of aromatic hydroxyl groups is 1. The van der Waals surface area contributed by atoms with Crippen molar-refractivity contribution in [1.82, 2.24) is 15.2 Å². The summed E-state index contributed by atoms with van der Waals surface area (Å²) >= 11 is 0. The van der Waals surface area contributed by atoms with Crippen molar-refractivity contribution in [2.75, 3.05) is 20.8 Å². The van der Waals surface area contributed by atoms with Crippen LogP contribution in [0.4, 0.5) is 0 Å². The van der Waals surface area contributed by atoms with Crippen LogP contribution in [0.2, 0.25) is 0 Å². The molecule has 1 aliphatic heterocycles. The Morgan fingerprint density at radius 3 is 2.39 bits per heavy atom. The molecular formula is C24H26N4O5. The maximum atomic E-state index is 13.1. The van der Waals surface area contributed by atoms with Crippen molar-refractivity contribution in [3.63, 3.8) is 0 Å². The second kappa shape index (κ2) is 9.32. The molecule has 0 saturated heterocycles. The van der Waals surface area contributed by atoms with Crippen LogP contribution in [0.1, 0.15) is 38.3 Å². The topological polar surface area (TPSA) is 123 Å². The fraction of sp³-hybridized carbons (Fsp3) is 0.333. The molecule has 172 valence electrons. The van der Waals surface area contributed by atoms with Gasteiger partial charge in [-0.15, -0.1) is 10.2 Å². The number of pyridine rings is 1. The molecule has 33 heavy (non-hydrogen) atoms. The molecule has 9 heteroatoms. The first-order chi connectivity index (χ1) is 16.0. The van der Waals surface area contributed by atoms with E-state index in [2.05, 4.69) is 27.1 Å². The summed E-state index contributed by atoms with van der Waals surface area (Å²) in [5.74, 6) is 0.803. The Balaban J connectivity index is 1.94. The van der Waals surface area contributed by atoms with Gasteiger partial charge in [0.05, 0.1) is 31.9 Å². The van der Waals surface area contributed by atoms with Crippen LogP contribution in [0, 0.1) is 0 Å². The number of hydrogen-bond donors (Lipinski definition) is 2. The van der Waals surface area contributed by atoms with Gasteiger partial charge in [-0.25, -0.2) is 0 Å². The van der Waals surface area contributed by atoms with Crippen molar-refractivity contribution in [1.29, 1.82) is 0 Å². The maximum absolute atomic E-state index is 13.1. The van der Waals surface area contributed by atoms with Crippen LogP contribution >= 0.6 is 0 Å². The first kappa shape index (κ1) is 22.3. The third-order valence-electron chi connectivity index (χ3n) is 5.46. The van der Waals surface area contributed by atoms with Crippen molar-refractivity contribution < 1.29 is 19.0 Å². The van der Waals surface area contributed by atoms with Crippen molar-refractivity contribution in [3.8, 4) is 39.8 Å². The summed E-state index contributed by atoms with van der Waals surface area (Å²) in [6.45, 7) is 4.56. The maximum Gasteiger partial charge on any atom is 0.266 e. The monoisotopic (exact) mass is 450 g/mol. The summed E-state index contributed by atoms with van der Waals surface area (Å²) in [5, 5.41) is 19.5. The predicted molar refractivity (Wildman–Crippen MR) is 124 cm³/mol. The summed E-state index contributed by atoms with van der Waals surface area (Å²) in [7, 11) is 3.07. The third-order valence-corrected chi connectivity index (χ3v) is 5.46. The van der Waals surface area contributed by atoms with E-state index in [4.69, 9.17) is 13.9 Å². The van der Waals surface area contributed by atoms with Gasteiger partial charge < -0.3 is 24.0 Å². The van der Waals surface area contributed by atoms with Crippen molar-refractivity contribution in [2.24, 2.45) is 4.99 Å². The first-order valence-corrected chi connectivity index (χ1v) is 10.7. The lowest BCUT2D eigenvalue weighted by Crippen LogP contribution is -2.14. The molecule has 0 unspecified atom stereocenters. The molecule has 9 nitrogen and oxygen atoms in total. The molecule has 0 aliphatic carbocycles. The van der Waals surface area contributed by atoms with Gasteiger partial charge in [0.2, 0.25) is 0 Å². The van der Waals surface area contributed by atoms with Gasteiger partial charge in [-0.2, -0.15) is 0 Å². The van der Waals surface area contributed by atoms with Gasteiger partial charge in [0.25, 0.3) is 17.3 Å². The lowest BCUT2D eigenvalue weighted by atomic mass is 9.96. The highest BCUT2D eigenvalue weighted by molar-refractivity contribution is 6.07. The van der Waals surface area contributed by atoms with E-state index in [-0.39, 0.29) is 23.1 Å². The van der Waals surface area contributed by atoms with E-state index < -0.39 is 5.56 Å². The normalized spacial score (nSPS) is 13.1. The van der Waals surface area contributed by atoms with E-state index in [1.165, 1.54) is 14.2 Å². The number of nitrogens with one attached hydrogen (secondary N) is 1. The van der Waals surface area contributed by atoms with Crippen LogP contribution < -0.4 is 15.0 Å². The highest BCUT2D eigenvalue weighted by Crippen LogP contribution is 2.46. The standard InChI is InChI=1S/C24H26N4O5/c1-5-6-8-14-18(19-16(31-3)9-7-10-17(19)32-4)21(29)20(22(30)26-14)24-28-27-23(33-24)15-11-13(2)12-25-15/h7,9-11H,5-6,8,12H2,1-4H3,(H2,26,29,30). The quantitative estimate of drug-likeness (QED) is 0.533. The molecule has 1 aliphatic rings. The van der Waals surface area contributed by atoms with E-state index in [1.807, 2.05) is 13.0 Å². The van der Waals surface area contributed by atoms with Crippen LogP contribution in [-0.2, 0) is 6.42 Å². The van der Waals surface area contributed by atoms with Gasteiger partial charge in [-0.05, 0) is 43.5 Å². The van der Waals surface area contributed by atoms with E-state index in [9.17, 15) is 9.90 Å². The molecule has 3 heterocycles.